The first-order valence-corrected chi connectivity index (χ1v) is 6.09. The number of para-hydroxylation sites is 1. The maximum absolute atomic E-state index is 11.9. The Labute approximate surface area is 107 Å². The Morgan fingerprint density at radius 2 is 1.94 bits per heavy atom. The summed E-state index contributed by atoms with van der Waals surface area (Å²) >= 11 is 0. The molecule has 0 saturated heterocycles. The zero-order valence-electron chi connectivity index (χ0n) is 11.0. The summed E-state index contributed by atoms with van der Waals surface area (Å²) in [6.07, 6.45) is 2.22. The molecular weight excluding hydrogens is 224 g/mol. The van der Waals surface area contributed by atoms with Gasteiger partial charge in [0.05, 0.1) is 11.2 Å². The van der Waals surface area contributed by atoms with E-state index in [4.69, 9.17) is 0 Å². The molecule has 1 N–H and O–H groups in total. The average Bonchev–Trinajstić information content (AvgIpc) is 2.27. The number of anilines is 1. The third-order valence-electron chi connectivity index (χ3n) is 2.61. The molecule has 0 saturated carbocycles. The number of nitrogens with zero attached hydrogens (tertiary/aromatic N) is 1. The van der Waals surface area contributed by atoms with Gasteiger partial charge in [-0.05, 0) is 17.5 Å². The van der Waals surface area contributed by atoms with Gasteiger partial charge in [-0.1, -0.05) is 39.0 Å². The number of carbonyl (C=O) groups excluding carboxylic acids is 1. The summed E-state index contributed by atoms with van der Waals surface area (Å²) in [7, 11) is 0. The van der Waals surface area contributed by atoms with Crippen LogP contribution in [0.1, 0.15) is 27.2 Å². The Morgan fingerprint density at radius 3 is 2.67 bits per heavy atom. The summed E-state index contributed by atoms with van der Waals surface area (Å²) in [4.78, 5) is 16.2. The molecule has 18 heavy (non-hydrogen) atoms. The SMILES string of the molecule is CC(C)(C)CC(=O)Nc1ccnc2ccccc12. The van der Waals surface area contributed by atoms with E-state index in [0.717, 1.165) is 16.6 Å². The molecule has 3 nitrogen and oxygen atoms in total. The van der Waals surface area contributed by atoms with Crippen LogP contribution in [0.25, 0.3) is 10.9 Å². The van der Waals surface area contributed by atoms with Crippen molar-refractivity contribution in [3.8, 4) is 0 Å². The van der Waals surface area contributed by atoms with Crippen molar-refractivity contribution in [2.75, 3.05) is 5.32 Å². The number of fused-ring (bicyclic) bond motifs is 1. The summed E-state index contributed by atoms with van der Waals surface area (Å²) < 4.78 is 0. The highest BCUT2D eigenvalue weighted by atomic mass is 16.1. The van der Waals surface area contributed by atoms with Gasteiger partial charge in [0.2, 0.25) is 5.91 Å². The Morgan fingerprint density at radius 1 is 1.22 bits per heavy atom. The normalized spacial score (nSPS) is 11.5. The van der Waals surface area contributed by atoms with E-state index in [2.05, 4.69) is 31.1 Å². The molecule has 0 fully saturated rings. The molecule has 0 aliphatic carbocycles. The minimum atomic E-state index is -0.00703. The van der Waals surface area contributed by atoms with Crippen molar-refractivity contribution in [3.05, 3.63) is 36.5 Å². The number of hydrogen-bond acceptors (Lipinski definition) is 2. The van der Waals surface area contributed by atoms with E-state index in [1.165, 1.54) is 0 Å². The number of carbonyl (C=O) groups is 1. The Hall–Kier alpha value is -1.90. The average molecular weight is 242 g/mol. The monoisotopic (exact) mass is 242 g/mol. The molecular formula is C15H18N2O. The molecule has 94 valence electrons. The number of aromatic nitrogens is 1. The van der Waals surface area contributed by atoms with Crippen molar-refractivity contribution in [1.29, 1.82) is 0 Å². The van der Waals surface area contributed by atoms with Crippen molar-refractivity contribution < 1.29 is 4.79 Å². The fraction of sp³-hybridized carbons (Fsp3) is 0.333. The van der Waals surface area contributed by atoms with Gasteiger partial charge in [-0.15, -0.1) is 0 Å². The van der Waals surface area contributed by atoms with Gasteiger partial charge in [-0.2, -0.15) is 0 Å². The van der Waals surface area contributed by atoms with Crippen molar-refractivity contribution in [1.82, 2.24) is 4.98 Å². The van der Waals surface area contributed by atoms with Crippen LogP contribution in [0.5, 0.6) is 0 Å². The number of benzene rings is 1. The smallest absolute Gasteiger partial charge is 0.224 e. The first kappa shape index (κ1) is 12.6. The van der Waals surface area contributed by atoms with Gasteiger partial charge in [0.15, 0.2) is 0 Å². The highest BCUT2D eigenvalue weighted by Gasteiger charge is 2.16. The lowest BCUT2D eigenvalue weighted by molar-refractivity contribution is -0.117. The van der Waals surface area contributed by atoms with Gasteiger partial charge >= 0.3 is 0 Å². The van der Waals surface area contributed by atoms with Crippen LogP contribution in [0, 0.1) is 5.41 Å². The largest absolute Gasteiger partial charge is 0.325 e. The lowest BCUT2D eigenvalue weighted by atomic mass is 9.92. The molecule has 0 unspecified atom stereocenters. The van der Waals surface area contributed by atoms with Crippen molar-refractivity contribution in [2.45, 2.75) is 27.2 Å². The van der Waals surface area contributed by atoms with Gasteiger partial charge in [-0.3, -0.25) is 9.78 Å². The molecule has 1 amide bonds. The number of amides is 1. The highest BCUT2D eigenvalue weighted by Crippen LogP contribution is 2.23. The van der Waals surface area contributed by atoms with E-state index in [1.54, 1.807) is 6.20 Å². The molecule has 2 rings (SSSR count). The predicted octanol–water partition coefficient (Wildman–Crippen LogP) is 3.61. The van der Waals surface area contributed by atoms with E-state index in [-0.39, 0.29) is 11.3 Å². The van der Waals surface area contributed by atoms with Crippen molar-refractivity contribution >= 4 is 22.5 Å². The Bertz CT molecular complexity index is 565. The molecule has 0 atom stereocenters. The molecule has 1 heterocycles. The maximum atomic E-state index is 11.9. The standard InChI is InChI=1S/C15H18N2O/c1-15(2,3)10-14(18)17-13-8-9-16-12-7-5-4-6-11(12)13/h4-9H,10H2,1-3H3,(H,16,17,18). The fourth-order valence-corrected chi connectivity index (χ4v) is 1.88. The summed E-state index contributed by atoms with van der Waals surface area (Å²) in [5.41, 5.74) is 1.72. The minimum absolute atomic E-state index is 0.00703. The van der Waals surface area contributed by atoms with E-state index in [0.29, 0.717) is 6.42 Å². The number of nitrogens with one attached hydrogen (secondary N) is 1. The molecule has 1 aromatic heterocycles. The van der Waals surface area contributed by atoms with Crippen LogP contribution in [0.15, 0.2) is 36.5 Å². The lowest BCUT2D eigenvalue weighted by Gasteiger charge is -2.17. The molecule has 0 bridgehead atoms. The molecule has 3 heteroatoms. The third-order valence-corrected chi connectivity index (χ3v) is 2.61. The van der Waals surface area contributed by atoms with Gasteiger partial charge in [0.1, 0.15) is 0 Å². The first-order chi connectivity index (χ1) is 8.46. The zero-order valence-corrected chi connectivity index (χ0v) is 11.0. The number of rotatable bonds is 2. The second-order valence-electron chi connectivity index (χ2n) is 5.66. The van der Waals surface area contributed by atoms with Crippen LogP contribution >= 0.6 is 0 Å². The van der Waals surface area contributed by atoms with Gasteiger partial charge in [-0.25, -0.2) is 0 Å². The van der Waals surface area contributed by atoms with Gasteiger partial charge < -0.3 is 5.32 Å². The minimum Gasteiger partial charge on any atom is -0.325 e. The van der Waals surface area contributed by atoms with Crippen LogP contribution < -0.4 is 5.32 Å². The Kier molecular flexibility index (Phi) is 3.32. The maximum Gasteiger partial charge on any atom is 0.224 e. The summed E-state index contributed by atoms with van der Waals surface area (Å²) in [5, 5.41) is 3.94. The Balaban J connectivity index is 2.24. The van der Waals surface area contributed by atoms with Gasteiger partial charge in [0, 0.05) is 18.0 Å². The fourth-order valence-electron chi connectivity index (χ4n) is 1.88. The highest BCUT2D eigenvalue weighted by molar-refractivity contribution is 6.00. The van der Waals surface area contributed by atoms with E-state index in [1.807, 2.05) is 30.3 Å². The second kappa shape index (κ2) is 4.77. The van der Waals surface area contributed by atoms with Crippen LogP contribution in [-0.4, -0.2) is 10.9 Å². The quantitative estimate of drug-likeness (QED) is 0.874. The molecule has 0 aliphatic heterocycles. The van der Waals surface area contributed by atoms with Crippen LogP contribution in [-0.2, 0) is 4.79 Å². The molecule has 0 aliphatic rings. The molecule has 1 aromatic carbocycles. The summed E-state index contributed by atoms with van der Waals surface area (Å²) in [6.45, 7) is 6.16. The molecule has 0 radical (unpaired) electrons. The number of pyridine rings is 1. The number of hydrogen-bond donors (Lipinski definition) is 1. The predicted molar refractivity (Wildman–Crippen MR) is 74.4 cm³/mol. The zero-order chi connectivity index (χ0) is 13.2. The molecule has 0 spiro atoms. The van der Waals surface area contributed by atoms with Crippen LogP contribution in [0.3, 0.4) is 0 Å². The van der Waals surface area contributed by atoms with Crippen LogP contribution in [0.2, 0.25) is 0 Å². The first-order valence-electron chi connectivity index (χ1n) is 6.09. The third kappa shape index (κ3) is 3.06. The van der Waals surface area contributed by atoms with Gasteiger partial charge in [0.25, 0.3) is 0 Å². The van der Waals surface area contributed by atoms with Crippen molar-refractivity contribution in [2.24, 2.45) is 5.41 Å². The van der Waals surface area contributed by atoms with E-state index < -0.39 is 0 Å². The second-order valence-corrected chi connectivity index (χ2v) is 5.66. The van der Waals surface area contributed by atoms with E-state index >= 15 is 0 Å². The van der Waals surface area contributed by atoms with Crippen molar-refractivity contribution in [3.63, 3.8) is 0 Å². The summed E-state index contributed by atoms with van der Waals surface area (Å²) in [5.74, 6) is 0.0406. The summed E-state index contributed by atoms with van der Waals surface area (Å²) in [6, 6.07) is 9.63. The topological polar surface area (TPSA) is 42.0 Å². The molecule has 2 aromatic rings. The van der Waals surface area contributed by atoms with E-state index in [9.17, 15) is 4.79 Å². The lowest BCUT2D eigenvalue weighted by Crippen LogP contribution is -2.19. The van der Waals surface area contributed by atoms with Crippen LogP contribution in [0.4, 0.5) is 5.69 Å².